The normalized spacial score (nSPS) is 23.4. The molecule has 1 aliphatic rings. The van der Waals surface area contributed by atoms with Gasteiger partial charge in [0.05, 0.1) is 0 Å². The monoisotopic (exact) mass is 261 g/mol. The van der Waals surface area contributed by atoms with Crippen LogP contribution >= 0.6 is 0 Å². The van der Waals surface area contributed by atoms with Gasteiger partial charge >= 0.3 is 0 Å². The molecule has 0 radical (unpaired) electrons. The average molecular weight is 261 g/mol. The predicted molar refractivity (Wildman–Crippen MR) is 81.5 cm³/mol. The molecule has 1 aromatic heterocycles. The summed E-state index contributed by atoms with van der Waals surface area (Å²) in [7, 11) is 0. The smallest absolute Gasteiger partial charge is 0.0448 e. The Morgan fingerprint density at radius 3 is 2.74 bits per heavy atom. The third-order valence-corrected chi connectivity index (χ3v) is 3.89. The lowest BCUT2D eigenvalue weighted by atomic mass is 10.1. The van der Waals surface area contributed by atoms with Gasteiger partial charge in [0.1, 0.15) is 0 Å². The average Bonchev–Trinajstić information content (AvgIpc) is 2.66. The van der Waals surface area contributed by atoms with Crippen LogP contribution in [0.25, 0.3) is 0 Å². The number of aryl methyl sites for hydroxylation is 1. The van der Waals surface area contributed by atoms with Crippen molar-refractivity contribution >= 4 is 5.69 Å². The van der Waals surface area contributed by atoms with Gasteiger partial charge in [0.2, 0.25) is 0 Å². The lowest BCUT2D eigenvalue weighted by Crippen LogP contribution is -2.30. The zero-order valence-corrected chi connectivity index (χ0v) is 12.9. The summed E-state index contributed by atoms with van der Waals surface area (Å²) >= 11 is 0. The summed E-state index contributed by atoms with van der Waals surface area (Å²) in [6.07, 6.45) is 3.33. The number of hydrogen-bond acceptors (Lipinski definition) is 3. The van der Waals surface area contributed by atoms with Crippen molar-refractivity contribution < 1.29 is 0 Å². The van der Waals surface area contributed by atoms with Crippen molar-refractivity contribution in [3.63, 3.8) is 0 Å². The highest BCUT2D eigenvalue weighted by molar-refractivity contribution is 5.55. The fourth-order valence-corrected chi connectivity index (χ4v) is 2.93. The first kappa shape index (κ1) is 14.3. The number of rotatable bonds is 4. The molecule has 2 atom stereocenters. The zero-order chi connectivity index (χ0) is 14.0. The van der Waals surface area contributed by atoms with Crippen LogP contribution in [0, 0.1) is 12.8 Å². The predicted octanol–water partition coefficient (Wildman–Crippen LogP) is 3.12. The Bertz CT molecular complexity index is 428. The number of pyridine rings is 1. The Morgan fingerprint density at radius 1 is 1.42 bits per heavy atom. The summed E-state index contributed by atoms with van der Waals surface area (Å²) < 4.78 is 0. The largest absolute Gasteiger partial charge is 0.368 e. The summed E-state index contributed by atoms with van der Waals surface area (Å²) in [5, 5.41) is 3.50. The molecule has 0 amide bonds. The van der Waals surface area contributed by atoms with Crippen LogP contribution in [0.2, 0.25) is 0 Å². The lowest BCUT2D eigenvalue weighted by Gasteiger charge is -2.27. The van der Waals surface area contributed by atoms with Crippen molar-refractivity contribution in [3.8, 4) is 0 Å². The first-order chi connectivity index (χ1) is 8.97. The van der Waals surface area contributed by atoms with Gasteiger partial charge in [0.15, 0.2) is 0 Å². The van der Waals surface area contributed by atoms with Gasteiger partial charge in [-0.2, -0.15) is 0 Å². The number of hydrogen-bond donors (Lipinski definition) is 1. The summed E-state index contributed by atoms with van der Waals surface area (Å²) in [4.78, 5) is 7.02. The molecule has 3 nitrogen and oxygen atoms in total. The molecule has 106 valence electrons. The van der Waals surface area contributed by atoms with Gasteiger partial charge in [0.25, 0.3) is 0 Å². The van der Waals surface area contributed by atoms with Crippen molar-refractivity contribution in [2.75, 3.05) is 11.4 Å². The minimum atomic E-state index is 0.504. The summed E-state index contributed by atoms with van der Waals surface area (Å²) in [5.74, 6) is 0.786. The van der Waals surface area contributed by atoms with E-state index >= 15 is 0 Å². The topological polar surface area (TPSA) is 28.2 Å². The second kappa shape index (κ2) is 5.91. The van der Waals surface area contributed by atoms with Gasteiger partial charge < -0.3 is 10.2 Å². The Balaban J connectivity index is 2.24. The second-order valence-corrected chi connectivity index (χ2v) is 6.33. The standard InChI is InChI=1S/C16H27N3/c1-11(2)17-8-15-9-18-13(4)7-16(15)19-10-12(3)6-14(19)5/h7,9,11-12,14,17H,6,8,10H2,1-5H3. The molecule has 2 heterocycles. The Morgan fingerprint density at radius 2 is 2.16 bits per heavy atom. The van der Waals surface area contributed by atoms with E-state index in [4.69, 9.17) is 0 Å². The maximum absolute atomic E-state index is 4.47. The molecule has 1 aromatic rings. The number of anilines is 1. The van der Waals surface area contributed by atoms with Crippen LogP contribution in [0.1, 0.15) is 45.4 Å². The molecule has 1 saturated heterocycles. The molecular weight excluding hydrogens is 234 g/mol. The van der Waals surface area contributed by atoms with Gasteiger partial charge in [-0.25, -0.2) is 0 Å². The van der Waals surface area contributed by atoms with E-state index < -0.39 is 0 Å². The van der Waals surface area contributed by atoms with Crippen molar-refractivity contribution in [1.82, 2.24) is 10.3 Å². The molecule has 2 unspecified atom stereocenters. The van der Waals surface area contributed by atoms with E-state index in [0.29, 0.717) is 12.1 Å². The highest BCUT2D eigenvalue weighted by Gasteiger charge is 2.27. The van der Waals surface area contributed by atoms with Crippen molar-refractivity contribution in [2.45, 2.75) is 59.7 Å². The molecule has 3 heteroatoms. The SMILES string of the molecule is Cc1cc(N2CC(C)CC2C)c(CNC(C)C)cn1. The third-order valence-electron chi connectivity index (χ3n) is 3.89. The first-order valence-electron chi connectivity index (χ1n) is 7.43. The molecule has 1 N–H and O–H groups in total. The maximum atomic E-state index is 4.47. The van der Waals surface area contributed by atoms with Crippen LogP contribution in [0.4, 0.5) is 5.69 Å². The fourth-order valence-electron chi connectivity index (χ4n) is 2.93. The van der Waals surface area contributed by atoms with E-state index in [0.717, 1.165) is 18.2 Å². The molecule has 1 fully saturated rings. The molecule has 0 saturated carbocycles. The summed E-state index contributed by atoms with van der Waals surface area (Å²) in [6, 6.07) is 3.38. The van der Waals surface area contributed by atoms with Gasteiger partial charge in [-0.05, 0) is 32.3 Å². The number of nitrogens with zero attached hydrogens (tertiary/aromatic N) is 2. The molecule has 19 heavy (non-hydrogen) atoms. The van der Waals surface area contributed by atoms with E-state index in [-0.39, 0.29) is 0 Å². The Labute approximate surface area is 117 Å². The fraction of sp³-hybridized carbons (Fsp3) is 0.688. The van der Waals surface area contributed by atoms with E-state index in [9.17, 15) is 0 Å². The van der Waals surface area contributed by atoms with Crippen LogP contribution in [0.3, 0.4) is 0 Å². The third kappa shape index (κ3) is 3.47. The van der Waals surface area contributed by atoms with Gasteiger partial charge in [-0.3, -0.25) is 4.98 Å². The van der Waals surface area contributed by atoms with Crippen LogP contribution in [-0.2, 0) is 6.54 Å². The van der Waals surface area contributed by atoms with Gasteiger partial charge in [-0.1, -0.05) is 20.8 Å². The van der Waals surface area contributed by atoms with E-state index in [1.807, 2.05) is 6.20 Å². The quantitative estimate of drug-likeness (QED) is 0.902. The molecule has 1 aliphatic heterocycles. The second-order valence-electron chi connectivity index (χ2n) is 6.33. The van der Waals surface area contributed by atoms with Crippen LogP contribution in [0.15, 0.2) is 12.3 Å². The minimum Gasteiger partial charge on any atom is -0.368 e. The maximum Gasteiger partial charge on any atom is 0.0448 e. The molecule has 0 aromatic carbocycles. The molecular formula is C16H27N3. The zero-order valence-electron chi connectivity index (χ0n) is 12.9. The Kier molecular flexibility index (Phi) is 4.46. The van der Waals surface area contributed by atoms with Crippen molar-refractivity contribution in [3.05, 3.63) is 23.5 Å². The molecule has 0 aliphatic carbocycles. The Hall–Kier alpha value is -1.09. The van der Waals surface area contributed by atoms with E-state index in [1.165, 1.54) is 24.2 Å². The van der Waals surface area contributed by atoms with Gasteiger partial charge in [0, 0.05) is 48.3 Å². The lowest BCUT2D eigenvalue weighted by molar-refractivity contribution is 0.586. The van der Waals surface area contributed by atoms with E-state index in [1.54, 1.807) is 0 Å². The van der Waals surface area contributed by atoms with Crippen LogP contribution in [0.5, 0.6) is 0 Å². The first-order valence-corrected chi connectivity index (χ1v) is 7.43. The molecule has 2 rings (SSSR count). The van der Waals surface area contributed by atoms with Crippen LogP contribution < -0.4 is 10.2 Å². The van der Waals surface area contributed by atoms with E-state index in [2.05, 4.69) is 55.9 Å². The van der Waals surface area contributed by atoms with Crippen molar-refractivity contribution in [2.24, 2.45) is 5.92 Å². The van der Waals surface area contributed by atoms with Gasteiger partial charge in [-0.15, -0.1) is 0 Å². The number of nitrogens with one attached hydrogen (secondary N) is 1. The molecule has 0 bridgehead atoms. The van der Waals surface area contributed by atoms with Crippen molar-refractivity contribution in [1.29, 1.82) is 0 Å². The minimum absolute atomic E-state index is 0.504. The highest BCUT2D eigenvalue weighted by atomic mass is 15.2. The summed E-state index contributed by atoms with van der Waals surface area (Å²) in [5.41, 5.74) is 3.80. The van der Waals surface area contributed by atoms with Crippen LogP contribution in [-0.4, -0.2) is 23.6 Å². The highest BCUT2D eigenvalue weighted by Crippen LogP contribution is 2.31. The molecule has 0 spiro atoms. The number of aromatic nitrogens is 1. The summed E-state index contributed by atoms with van der Waals surface area (Å²) in [6.45, 7) is 13.2.